The second-order valence-electron chi connectivity index (χ2n) is 4.89. The molecule has 0 aliphatic heterocycles. The minimum Gasteiger partial charge on any atom is -0.505 e. The van der Waals surface area contributed by atoms with Crippen molar-refractivity contribution in [1.29, 1.82) is 0 Å². The first kappa shape index (κ1) is 12.6. The number of ether oxygens (including phenoxy) is 1. The van der Waals surface area contributed by atoms with Crippen molar-refractivity contribution in [3.05, 3.63) is 59.8 Å². The van der Waals surface area contributed by atoms with Crippen LogP contribution in [0.1, 0.15) is 11.3 Å². The third-order valence-corrected chi connectivity index (χ3v) is 3.68. The van der Waals surface area contributed by atoms with Crippen LogP contribution in [0.4, 0.5) is 0 Å². The van der Waals surface area contributed by atoms with E-state index in [4.69, 9.17) is 4.74 Å². The highest BCUT2D eigenvalue weighted by Gasteiger charge is 2.14. The van der Waals surface area contributed by atoms with Crippen LogP contribution in [-0.4, -0.2) is 16.8 Å². The largest absolute Gasteiger partial charge is 0.505 e. The Kier molecular flexibility index (Phi) is 3.11. The van der Waals surface area contributed by atoms with E-state index < -0.39 is 0 Å². The number of aromatic nitrogens is 1. The van der Waals surface area contributed by atoms with Crippen LogP contribution in [0.25, 0.3) is 10.9 Å². The Hall–Kier alpha value is -2.42. The topological polar surface area (TPSA) is 34.4 Å². The molecule has 0 atom stereocenters. The number of aromatic hydroxyl groups is 1. The molecule has 1 N–H and O–H groups in total. The SMILES string of the molecule is COc1ccc2c(c1)c(O)c(C)n2Cc1ccccc1. The van der Waals surface area contributed by atoms with Crippen molar-refractivity contribution in [1.82, 2.24) is 4.57 Å². The van der Waals surface area contributed by atoms with Gasteiger partial charge in [-0.1, -0.05) is 30.3 Å². The Morgan fingerprint density at radius 3 is 2.55 bits per heavy atom. The first-order valence-corrected chi connectivity index (χ1v) is 6.60. The zero-order valence-electron chi connectivity index (χ0n) is 11.6. The number of benzene rings is 2. The van der Waals surface area contributed by atoms with E-state index in [9.17, 15) is 5.11 Å². The third kappa shape index (κ3) is 2.01. The van der Waals surface area contributed by atoms with Crippen molar-refractivity contribution < 1.29 is 9.84 Å². The fourth-order valence-corrected chi connectivity index (χ4v) is 2.54. The normalized spacial score (nSPS) is 10.9. The van der Waals surface area contributed by atoms with E-state index in [0.717, 1.165) is 28.9 Å². The zero-order valence-corrected chi connectivity index (χ0v) is 11.6. The highest BCUT2D eigenvalue weighted by Crippen LogP contribution is 2.34. The first-order valence-electron chi connectivity index (χ1n) is 6.60. The number of hydrogen-bond donors (Lipinski definition) is 1. The Bertz CT molecular complexity index is 745. The monoisotopic (exact) mass is 267 g/mol. The molecule has 0 radical (unpaired) electrons. The Morgan fingerprint density at radius 2 is 1.85 bits per heavy atom. The van der Waals surface area contributed by atoms with Crippen LogP contribution in [0.2, 0.25) is 0 Å². The van der Waals surface area contributed by atoms with Gasteiger partial charge < -0.3 is 14.4 Å². The highest BCUT2D eigenvalue weighted by atomic mass is 16.5. The van der Waals surface area contributed by atoms with Crippen LogP contribution >= 0.6 is 0 Å². The van der Waals surface area contributed by atoms with Gasteiger partial charge in [-0.15, -0.1) is 0 Å². The summed E-state index contributed by atoms with van der Waals surface area (Å²) >= 11 is 0. The molecule has 0 saturated heterocycles. The number of hydrogen-bond acceptors (Lipinski definition) is 2. The van der Waals surface area contributed by atoms with Crippen LogP contribution in [0.5, 0.6) is 11.5 Å². The summed E-state index contributed by atoms with van der Waals surface area (Å²) in [6.45, 7) is 2.68. The molecule has 0 amide bonds. The fourth-order valence-electron chi connectivity index (χ4n) is 2.54. The molecular weight excluding hydrogens is 250 g/mol. The molecule has 3 heteroatoms. The van der Waals surface area contributed by atoms with E-state index in [1.54, 1.807) is 7.11 Å². The number of methoxy groups -OCH3 is 1. The minimum atomic E-state index is 0.329. The van der Waals surface area contributed by atoms with Crippen molar-refractivity contribution in [3.8, 4) is 11.5 Å². The summed E-state index contributed by atoms with van der Waals surface area (Å²) in [6, 6.07) is 16.0. The van der Waals surface area contributed by atoms with E-state index in [2.05, 4.69) is 16.7 Å². The molecule has 0 saturated carbocycles. The standard InChI is InChI=1S/C17H17NO2/c1-12-17(19)15-10-14(20-2)8-9-16(15)18(12)11-13-6-4-3-5-7-13/h3-10,19H,11H2,1-2H3. The van der Waals surface area contributed by atoms with E-state index in [1.807, 2.05) is 43.3 Å². The molecule has 3 nitrogen and oxygen atoms in total. The maximum absolute atomic E-state index is 10.3. The van der Waals surface area contributed by atoms with Gasteiger partial charge in [0.15, 0.2) is 0 Å². The number of fused-ring (bicyclic) bond motifs is 1. The molecule has 0 aliphatic carbocycles. The van der Waals surface area contributed by atoms with Gasteiger partial charge >= 0.3 is 0 Å². The second kappa shape index (κ2) is 4.93. The maximum atomic E-state index is 10.3. The van der Waals surface area contributed by atoms with Crippen molar-refractivity contribution >= 4 is 10.9 Å². The van der Waals surface area contributed by atoms with Gasteiger partial charge in [-0.2, -0.15) is 0 Å². The molecule has 2 aromatic carbocycles. The summed E-state index contributed by atoms with van der Waals surface area (Å²) in [7, 11) is 1.63. The van der Waals surface area contributed by atoms with Crippen LogP contribution in [-0.2, 0) is 6.54 Å². The van der Waals surface area contributed by atoms with E-state index in [0.29, 0.717) is 5.75 Å². The van der Waals surface area contributed by atoms with Crippen molar-refractivity contribution in [2.45, 2.75) is 13.5 Å². The highest BCUT2D eigenvalue weighted by molar-refractivity contribution is 5.89. The average molecular weight is 267 g/mol. The molecule has 1 heterocycles. The Labute approximate surface area is 118 Å². The average Bonchev–Trinajstić information content (AvgIpc) is 2.73. The van der Waals surface area contributed by atoms with Crippen molar-refractivity contribution in [3.63, 3.8) is 0 Å². The quantitative estimate of drug-likeness (QED) is 0.785. The Balaban J connectivity index is 2.13. The molecule has 3 rings (SSSR count). The maximum Gasteiger partial charge on any atom is 0.144 e. The summed E-state index contributed by atoms with van der Waals surface area (Å²) in [5.74, 6) is 1.08. The third-order valence-electron chi connectivity index (χ3n) is 3.68. The van der Waals surface area contributed by atoms with Crippen LogP contribution in [0, 0.1) is 6.92 Å². The Morgan fingerprint density at radius 1 is 1.10 bits per heavy atom. The molecule has 0 unspecified atom stereocenters. The van der Waals surface area contributed by atoms with Gasteiger partial charge in [-0.05, 0) is 30.7 Å². The first-order chi connectivity index (χ1) is 9.70. The predicted molar refractivity (Wildman–Crippen MR) is 80.4 cm³/mol. The van der Waals surface area contributed by atoms with E-state index >= 15 is 0 Å². The van der Waals surface area contributed by atoms with Crippen molar-refractivity contribution in [2.24, 2.45) is 0 Å². The van der Waals surface area contributed by atoms with Crippen LogP contribution in [0.3, 0.4) is 0 Å². The van der Waals surface area contributed by atoms with Gasteiger partial charge in [0, 0.05) is 11.9 Å². The fraction of sp³-hybridized carbons (Fsp3) is 0.176. The zero-order chi connectivity index (χ0) is 14.1. The molecule has 0 spiro atoms. The number of nitrogens with zero attached hydrogens (tertiary/aromatic N) is 1. The second-order valence-corrected chi connectivity index (χ2v) is 4.89. The lowest BCUT2D eigenvalue weighted by Gasteiger charge is -2.08. The lowest BCUT2D eigenvalue weighted by Crippen LogP contribution is -2.01. The lowest BCUT2D eigenvalue weighted by molar-refractivity contribution is 0.415. The predicted octanol–water partition coefficient (Wildman–Crippen LogP) is 3.71. The molecule has 20 heavy (non-hydrogen) atoms. The van der Waals surface area contributed by atoms with Gasteiger partial charge in [-0.25, -0.2) is 0 Å². The van der Waals surface area contributed by atoms with Gasteiger partial charge in [0.2, 0.25) is 0 Å². The molecule has 1 aromatic heterocycles. The van der Waals surface area contributed by atoms with Crippen molar-refractivity contribution in [2.75, 3.05) is 7.11 Å². The molecular formula is C17H17NO2. The van der Waals surface area contributed by atoms with Gasteiger partial charge in [0.05, 0.1) is 18.3 Å². The summed E-state index contributed by atoms with van der Waals surface area (Å²) in [4.78, 5) is 0. The molecule has 102 valence electrons. The van der Waals surface area contributed by atoms with E-state index in [-0.39, 0.29) is 0 Å². The summed E-state index contributed by atoms with van der Waals surface area (Å²) in [6.07, 6.45) is 0. The number of rotatable bonds is 3. The lowest BCUT2D eigenvalue weighted by atomic mass is 10.2. The van der Waals surface area contributed by atoms with Gasteiger partial charge in [0.25, 0.3) is 0 Å². The van der Waals surface area contributed by atoms with Crippen LogP contribution in [0.15, 0.2) is 48.5 Å². The summed E-state index contributed by atoms with van der Waals surface area (Å²) in [5, 5.41) is 11.1. The minimum absolute atomic E-state index is 0.329. The van der Waals surface area contributed by atoms with Gasteiger partial charge in [-0.3, -0.25) is 0 Å². The smallest absolute Gasteiger partial charge is 0.144 e. The molecule has 0 bridgehead atoms. The molecule has 3 aromatic rings. The van der Waals surface area contributed by atoms with Gasteiger partial charge in [0.1, 0.15) is 11.5 Å². The van der Waals surface area contributed by atoms with Crippen LogP contribution < -0.4 is 4.74 Å². The summed E-state index contributed by atoms with van der Waals surface area (Å²) < 4.78 is 7.35. The molecule has 0 aliphatic rings. The molecule has 0 fully saturated rings. The van der Waals surface area contributed by atoms with E-state index in [1.165, 1.54) is 5.56 Å². The summed E-state index contributed by atoms with van der Waals surface area (Å²) in [5.41, 5.74) is 3.10.